The molecule has 5 heterocycles. The molecule has 208 valence electrons. The summed E-state index contributed by atoms with van der Waals surface area (Å²) in [6, 6.07) is 44.7. The minimum atomic E-state index is 0.987. The third-order valence-corrected chi connectivity index (χ3v) is 11.8. The molecule has 45 heavy (non-hydrogen) atoms. The molecule has 11 aromatic rings. The molecule has 0 aliphatic rings. The van der Waals surface area contributed by atoms with Crippen LogP contribution in [0.2, 0.25) is 0 Å². The average molecular weight is 608 g/mol. The van der Waals surface area contributed by atoms with Gasteiger partial charge in [0.15, 0.2) is 0 Å². The number of aromatic nitrogens is 3. The van der Waals surface area contributed by atoms with E-state index in [2.05, 4.69) is 126 Å². The Morgan fingerprint density at radius 1 is 0.467 bits per heavy atom. The first-order chi connectivity index (χ1) is 22.3. The second-order valence-corrected chi connectivity index (χ2v) is 13.9. The van der Waals surface area contributed by atoms with Crippen LogP contribution in [0.15, 0.2) is 128 Å². The molecule has 0 saturated heterocycles. The zero-order valence-electron chi connectivity index (χ0n) is 23.8. The quantitative estimate of drug-likeness (QED) is 0.186. The molecule has 0 spiro atoms. The number of nitrogens with zero attached hydrogens (tertiary/aromatic N) is 3. The van der Waals surface area contributed by atoms with Gasteiger partial charge in [0.25, 0.3) is 0 Å². The van der Waals surface area contributed by atoms with Crippen molar-refractivity contribution in [2.24, 2.45) is 0 Å². The van der Waals surface area contributed by atoms with Crippen molar-refractivity contribution < 1.29 is 0 Å². The zero-order valence-corrected chi connectivity index (χ0v) is 25.4. The molecule has 0 bridgehead atoms. The molecular weight excluding hydrogens is 587 g/mol. The van der Waals surface area contributed by atoms with Gasteiger partial charge in [-0.25, -0.2) is 9.97 Å². The first-order valence-electron chi connectivity index (χ1n) is 15.1. The fourth-order valence-electron chi connectivity index (χ4n) is 7.62. The number of para-hydroxylation sites is 2. The van der Waals surface area contributed by atoms with E-state index in [1.807, 2.05) is 11.3 Å². The fourth-order valence-corrected chi connectivity index (χ4v) is 9.95. The van der Waals surface area contributed by atoms with Gasteiger partial charge >= 0.3 is 0 Å². The maximum atomic E-state index is 4.85. The second kappa shape index (κ2) is 8.63. The molecule has 0 radical (unpaired) electrons. The van der Waals surface area contributed by atoms with Gasteiger partial charge in [-0.15, -0.1) is 22.7 Å². The van der Waals surface area contributed by atoms with Crippen molar-refractivity contribution >= 4 is 112 Å². The Morgan fingerprint density at radius 2 is 1.09 bits per heavy atom. The van der Waals surface area contributed by atoms with E-state index in [0.717, 1.165) is 21.5 Å². The van der Waals surface area contributed by atoms with Crippen molar-refractivity contribution in [1.29, 1.82) is 0 Å². The number of hydrogen-bond acceptors (Lipinski definition) is 4. The lowest BCUT2D eigenvalue weighted by molar-refractivity contribution is 1.24. The molecule has 5 aromatic heterocycles. The van der Waals surface area contributed by atoms with Crippen molar-refractivity contribution in [2.45, 2.75) is 0 Å². The van der Waals surface area contributed by atoms with Crippen LogP contribution in [0.25, 0.3) is 101 Å². The summed E-state index contributed by atoms with van der Waals surface area (Å²) in [7, 11) is 0. The third-order valence-electron chi connectivity index (χ3n) is 9.47. The van der Waals surface area contributed by atoms with Gasteiger partial charge in [0.1, 0.15) is 6.33 Å². The van der Waals surface area contributed by atoms with Crippen LogP contribution >= 0.6 is 22.7 Å². The molecule has 0 aliphatic carbocycles. The summed E-state index contributed by atoms with van der Waals surface area (Å²) in [6.45, 7) is 0. The molecule has 11 rings (SSSR count). The molecule has 0 fully saturated rings. The molecule has 6 aromatic carbocycles. The number of hydrogen-bond donors (Lipinski definition) is 0. The standard InChI is InChI=1S/C40H21N3S2/c1-3-14-30-23(8-1)24-10-6-16-33-35(24)36-25(11-7-17-34(36)44-33)26-12-5-13-27-29-20-22(18-19-31(29)43(30)39(26)27)37-40-38(42-21-41-37)28-9-2-4-15-32(28)45-40/h1-21H. The molecule has 0 amide bonds. The van der Waals surface area contributed by atoms with Gasteiger partial charge in [0.05, 0.1) is 32.5 Å². The molecular formula is C40H21N3S2. The number of rotatable bonds is 1. The Labute approximate surface area is 264 Å². The minimum absolute atomic E-state index is 0.987. The summed E-state index contributed by atoms with van der Waals surface area (Å²) in [4.78, 5) is 9.56. The lowest BCUT2D eigenvalue weighted by Gasteiger charge is -2.05. The number of benzene rings is 6. The maximum Gasteiger partial charge on any atom is 0.116 e. The minimum Gasteiger partial charge on any atom is -0.308 e. The van der Waals surface area contributed by atoms with Crippen LogP contribution in [0.1, 0.15) is 0 Å². The van der Waals surface area contributed by atoms with E-state index < -0.39 is 0 Å². The van der Waals surface area contributed by atoms with Crippen LogP contribution in [0, 0.1) is 0 Å². The van der Waals surface area contributed by atoms with E-state index >= 15 is 0 Å². The lowest BCUT2D eigenvalue weighted by Crippen LogP contribution is -1.88. The lowest BCUT2D eigenvalue weighted by atomic mass is 10.0. The van der Waals surface area contributed by atoms with E-state index in [9.17, 15) is 0 Å². The zero-order chi connectivity index (χ0) is 29.2. The predicted molar refractivity (Wildman–Crippen MR) is 194 cm³/mol. The summed E-state index contributed by atoms with van der Waals surface area (Å²) < 4.78 is 7.52. The molecule has 0 unspecified atom stereocenters. The van der Waals surface area contributed by atoms with Gasteiger partial charge in [-0.1, -0.05) is 84.9 Å². The van der Waals surface area contributed by atoms with Gasteiger partial charge in [-0.05, 0) is 47.2 Å². The molecule has 5 heteroatoms. The summed E-state index contributed by atoms with van der Waals surface area (Å²) >= 11 is 3.66. The topological polar surface area (TPSA) is 30.2 Å². The van der Waals surface area contributed by atoms with E-state index in [-0.39, 0.29) is 0 Å². The van der Waals surface area contributed by atoms with Gasteiger partial charge in [-0.2, -0.15) is 0 Å². The normalized spacial score (nSPS) is 12.4. The van der Waals surface area contributed by atoms with Crippen LogP contribution < -0.4 is 0 Å². The van der Waals surface area contributed by atoms with Gasteiger partial charge < -0.3 is 4.40 Å². The number of thiophene rings is 2. The monoisotopic (exact) mass is 607 g/mol. The van der Waals surface area contributed by atoms with Crippen molar-refractivity contribution in [2.75, 3.05) is 0 Å². The SMILES string of the molecule is c1ccc2c(c1)sc1c(-c3ccc4c(c3)c3cccc5c6cccc7sc8cccc(c9ccccc9n4c53)c8c76)ncnc12. The highest BCUT2D eigenvalue weighted by molar-refractivity contribution is 7.26. The Hall–Kier alpha value is -5.36. The van der Waals surface area contributed by atoms with E-state index in [0.29, 0.717) is 0 Å². The Bertz CT molecular complexity index is 3050. The molecule has 3 nitrogen and oxygen atoms in total. The summed E-state index contributed by atoms with van der Waals surface area (Å²) in [5, 5.41) is 11.4. The third kappa shape index (κ3) is 3.09. The van der Waals surface area contributed by atoms with Crippen molar-refractivity contribution in [3.05, 3.63) is 128 Å². The van der Waals surface area contributed by atoms with E-state index in [4.69, 9.17) is 9.97 Å². The molecule has 0 aliphatic heterocycles. The Morgan fingerprint density at radius 3 is 1.93 bits per heavy atom. The highest BCUT2D eigenvalue weighted by Crippen LogP contribution is 2.45. The first-order valence-corrected chi connectivity index (χ1v) is 16.7. The summed E-state index contributed by atoms with van der Waals surface area (Å²) in [5.41, 5.74) is 6.76. The average Bonchev–Trinajstić information content (AvgIpc) is 3.77. The summed E-state index contributed by atoms with van der Waals surface area (Å²) in [6.07, 6.45) is 1.71. The van der Waals surface area contributed by atoms with Crippen LogP contribution in [0.3, 0.4) is 0 Å². The summed E-state index contributed by atoms with van der Waals surface area (Å²) in [5.74, 6) is 0. The fraction of sp³-hybridized carbons (Fsp3) is 0. The second-order valence-electron chi connectivity index (χ2n) is 11.7. The molecule has 0 atom stereocenters. The molecule has 0 N–H and O–H groups in total. The molecule has 0 saturated carbocycles. The smallest absolute Gasteiger partial charge is 0.116 e. The van der Waals surface area contributed by atoms with Crippen LogP contribution in [0.5, 0.6) is 0 Å². The van der Waals surface area contributed by atoms with Gasteiger partial charge in [0.2, 0.25) is 0 Å². The Balaban J connectivity index is 1.37. The van der Waals surface area contributed by atoms with Crippen molar-refractivity contribution in [3.8, 4) is 11.3 Å². The van der Waals surface area contributed by atoms with E-state index in [1.54, 1.807) is 17.7 Å². The van der Waals surface area contributed by atoms with Crippen molar-refractivity contribution in [1.82, 2.24) is 14.4 Å². The maximum absolute atomic E-state index is 4.85. The first kappa shape index (κ1) is 24.0. The van der Waals surface area contributed by atoms with Crippen LogP contribution in [0.4, 0.5) is 0 Å². The van der Waals surface area contributed by atoms with Crippen LogP contribution in [-0.4, -0.2) is 14.4 Å². The van der Waals surface area contributed by atoms with Gasteiger partial charge in [-0.3, -0.25) is 0 Å². The predicted octanol–water partition coefficient (Wildman–Crippen LogP) is 11.7. The number of fused-ring (bicyclic) bond motifs is 10. The highest BCUT2D eigenvalue weighted by atomic mass is 32.1. The van der Waals surface area contributed by atoms with Crippen molar-refractivity contribution in [3.63, 3.8) is 0 Å². The van der Waals surface area contributed by atoms with Crippen LogP contribution in [-0.2, 0) is 0 Å². The largest absolute Gasteiger partial charge is 0.308 e. The van der Waals surface area contributed by atoms with Gasteiger partial charge in [0, 0.05) is 57.4 Å². The highest BCUT2D eigenvalue weighted by Gasteiger charge is 2.19. The Kier molecular flexibility index (Phi) is 4.61. The van der Waals surface area contributed by atoms with E-state index in [1.165, 1.54) is 79.1 Å².